The lowest BCUT2D eigenvalue weighted by Gasteiger charge is -2.18. The van der Waals surface area contributed by atoms with Gasteiger partial charge in [0.15, 0.2) is 0 Å². The summed E-state index contributed by atoms with van der Waals surface area (Å²) in [4.78, 5) is 29.7. The quantitative estimate of drug-likeness (QED) is 0.851. The van der Waals surface area contributed by atoms with Crippen LogP contribution >= 0.6 is 11.3 Å². The fraction of sp³-hybridized carbons (Fsp3) is 0.538. The van der Waals surface area contributed by atoms with Gasteiger partial charge in [-0.2, -0.15) is 9.61 Å². The largest absolute Gasteiger partial charge is 0.481 e. The molecule has 0 radical (unpaired) electrons. The predicted octanol–water partition coefficient (Wildman–Crippen LogP) is 0.866. The van der Waals surface area contributed by atoms with Gasteiger partial charge < -0.3 is 5.11 Å². The Bertz CT molecular complexity index is 709. The van der Waals surface area contributed by atoms with E-state index in [0.29, 0.717) is 23.7 Å². The Kier molecular flexibility index (Phi) is 4.69. The van der Waals surface area contributed by atoms with Crippen LogP contribution in [0.1, 0.15) is 24.5 Å². The van der Waals surface area contributed by atoms with Crippen molar-refractivity contribution in [1.82, 2.24) is 19.5 Å². The van der Waals surface area contributed by atoms with Gasteiger partial charge in [-0.15, -0.1) is 0 Å². The van der Waals surface area contributed by atoms with Gasteiger partial charge in [-0.3, -0.25) is 14.5 Å². The summed E-state index contributed by atoms with van der Waals surface area (Å²) >= 11 is 1.40. The zero-order valence-corrected chi connectivity index (χ0v) is 13.1. The third-order valence-electron chi connectivity index (χ3n) is 3.08. The number of hydrogen-bond acceptors (Lipinski definition) is 6. The number of carboxylic acids is 1. The van der Waals surface area contributed by atoms with Crippen LogP contribution in [0.2, 0.25) is 0 Å². The third-order valence-corrected chi connectivity index (χ3v) is 4.13. The molecule has 8 heteroatoms. The van der Waals surface area contributed by atoms with E-state index in [4.69, 9.17) is 5.11 Å². The normalized spacial score (nSPS) is 13.0. The van der Waals surface area contributed by atoms with Gasteiger partial charge in [0.1, 0.15) is 5.01 Å². The lowest BCUT2D eigenvalue weighted by Crippen LogP contribution is -2.29. The molecule has 0 spiro atoms. The van der Waals surface area contributed by atoms with E-state index in [9.17, 15) is 9.59 Å². The van der Waals surface area contributed by atoms with E-state index in [1.54, 1.807) is 6.92 Å². The fourth-order valence-electron chi connectivity index (χ4n) is 2.01. The van der Waals surface area contributed by atoms with E-state index in [0.717, 1.165) is 11.4 Å². The highest BCUT2D eigenvalue weighted by Crippen LogP contribution is 2.12. The average molecular weight is 310 g/mol. The van der Waals surface area contributed by atoms with Crippen molar-refractivity contribution in [1.29, 1.82) is 0 Å². The number of rotatable bonds is 6. The average Bonchev–Trinajstić information content (AvgIpc) is 2.82. The van der Waals surface area contributed by atoms with Crippen LogP contribution in [0.3, 0.4) is 0 Å². The molecule has 2 aromatic heterocycles. The van der Waals surface area contributed by atoms with Crippen molar-refractivity contribution in [2.75, 3.05) is 13.6 Å². The Balaban J connectivity index is 2.19. The molecule has 0 amide bonds. The lowest BCUT2D eigenvalue weighted by molar-refractivity contribution is -0.141. The molecule has 114 valence electrons. The number of aryl methyl sites for hydroxylation is 1. The second-order valence-electron chi connectivity index (χ2n) is 5.07. The molecule has 0 saturated carbocycles. The monoisotopic (exact) mass is 310 g/mol. The first-order valence-corrected chi connectivity index (χ1v) is 7.52. The smallest absolute Gasteiger partial charge is 0.307 e. The number of nitrogens with zero attached hydrogens (tertiary/aromatic N) is 4. The molecule has 0 aliphatic carbocycles. The standard InChI is InChI=1S/C13H18N4O3S/c1-4-10-15-17-11(18)5-9(14-13(17)21-10)7-16(3)6-8(2)12(19)20/h5,8H,4,6-7H2,1-3H3,(H,19,20). The van der Waals surface area contributed by atoms with E-state index in [1.165, 1.54) is 21.9 Å². The Hall–Kier alpha value is -1.80. The molecular weight excluding hydrogens is 292 g/mol. The van der Waals surface area contributed by atoms with E-state index >= 15 is 0 Å². The van der Waals surface area contributed by atoms with Crippen LogP contribution in [0.25, 0.3) is 4.96 Å². The van der Waals surface area contributed by atoms with Gasteiger partial charge in [0, 0.05) is 19.2 Å². The highest BCUT2D eigenvalue weighted by molar-refractivity contribution is 7.16. The fourth-order valence-corrected chi connectivity index (χ4v) is 2.86. The molecule has 2 rings (SSSR count). The molecule has 2 heterocycles. The first-order valence-electron chi connectivity index (χ1n) is 6.70. The molecule has 0 fully saturated rings. The Labute approximate surface area is 125 Å². The Morgan fingerprint density at radius 3 is 2.90 bits per heavy atom. The zero-order chi connectivity index (χ0) is 15.6. The van der Waals surface area contributed by atoms with Gasteiger partial charge in [0.2, 0.25) is 4.96 Å². The van der Waals surface area contributed by atoms with Gasteiger partial charge in [-0.25, -0.2) is 4.98 Å². The SMILES string of the molecule is CCc1nn2c(=O)cc(CN(C)CC(C)C(=O)O)nc2s1. The van der Waals surface area contributed by atoms with E-state index in [1.807, 2.05) is 18.9 Å². The molecule has 0 bridgehead atoms. The summed E-state index contributed by atoms with van der Waals surface area (Å²) in [6, 6.07) is 1.45. The first kappa shape index (κ1) is 15.6. The molecular formula is C13H18N4O3S. The molecule has 21 heavy (non-hydrogen) atoms. The van der Waals surface area contributed by atoms with Crippen LogP contribution < -0.4 is 5.56 Å². The summed E-state index contributed by atoms with van der Waals surface area (Å²) in [5, 5.41) is 14.0. The third kappa shape index (κ3) is 3.64. The summed E-state index contributed by atoms with van der Waals surface area (Å²) in [7, 11) is 1.81. The van der Waals surface area contributed by atoms with Gasteiger partial charge >= 0.3 is 5.97 Å². The minimum atomic E-state index is -0.833. The number of hydrogen-bond donors (Lipinski definition) is 1. The number of aromatic nitrogens is 3. The Morgan fingerprint density at radius 2 is 2.29 bits per heavy atom. The number of aliphatic carboxylic acids is 1. The maximum Gasteiger partial charge on any atom is 0.307 e. The van der Waals surface area contributed by atoms with E-state index < -0.39 is 11.9 Å². The van der Waals surface area contributed by atoms with E-state index in [2.05, 4.69) is 10.1 Å². The predicted molar refractivity (Wildman–Crippen MR) is 79.6 cm³/mol. The van der Waals surface area contributed by atoms with Gasteiger partial charge in [0.05, 0.1) is 11.6 Å². The number of fused-ring (bicyclic) bond motifs is 1. The van der Waals surface area contributed by atoms with Crippen molar-refractivity contribution in [3.05, 3.63) is 27.1 Å². The topological polar surface area (TPSA) is 87.8 Å². The molecule has 0 aliphatic heterocycles. The minimum absolute atomic E-state index is 0.203. The van der Waals surface area contributed by atoms with Crippen molar-refractivity contribution in [2.24, 2.45) is 5.92 Å². The molecule has 1 atom stereocenters. The highest BCUT2D eigenvalue weighted by atomic mass is 32.1. The van der Waals surface area contributed by atoms with Gasteiger partial charge in [-0.05, 0) is 13.5 Å². The molecule has 0 aromatic carbocycles. The van der Waals surface area contributed by atoms with Crippen LogP contribution in [0.15, 0.2) is 10.9 Å². The van der Waals surface area contributed by atoms with Crippen molar-refractivity contribution < 1.29 is 9.90 Å². The van der Waals surface area contributed by atoms with Gasteiger partial charge in [0.25, 0.3) is 5.56 Å². The summed E-state index contributed by atoms with van der Waals surface area (Å²) in [6.45, 7) is 4.47. The zero-order valence-electron chi connectivity index (χ0n) is 12.2. The Morgan fingerprint density at radius 1 is 1.57 bits per heavy atom. The number of carbonyl (C=O) groups is 1. The molecule has 0 saturated heterocycles. The van der Waals surface area contributed by atoms with Crippen LogP contribution in [0, 0.1) is 5.92 Å². The van der Waals surface area contributed by atoms with Crippen molar-refractivity contribution in [3.63, 3.8) is 0 Å². The maximum absolute atomic E-state index is 12.0. The second-order valence-corrected chi connectivity index (χ2v) is 6.11. The van der Waals surface area contributed by atoms with Gasteiger partial charge in [-0.1, -0.05) is 25.2 Å². The highest BCUT2D eigenvalue weighted by Gasteiger charge is 2.15. The molecule has 0 aliphatic rings. The lowest BCUT2D eigenvalue weighted by atomic mass is 10.2. The second kappa shape index (κ2) is 6.31. The molecule has 7 nitrogen and oxygen atoms in total. The van der Waals surface area contributed by atoms with Crippen molar-refractivity contribution in [2.45, 2.75) is 26.8 Å². The summed E-state index contributed by atoms with van der Waals surface area (Å²) < 4.78 is 1.31. The number of carboxylic acid groups (broad SMARTS) is 1. The van der Waals surface area contributed by atoms with Crippen LogP contribution in [0.5, 0.6) is 0 Å². The maximum atomic E-state index is 12.0. The summed E-state index contributed by atoms with van der Waals surface area (Å²) in [5.74, 6) is -1.30. The molecule has 1 unspecified atom stereocenters. The van der Waals surface area contributed by atoms with Crippen molar-refractivity contribution >= 4 is 22.3 Å². The first-order chi connectivity index (χ1) is 9.90. The molecule has 1 N–H and O–H groups in total. The van der Waals surface area contributed by atoms with Crippen LogP contribution in [0.4, 0.5) is 0 Å². The summed E-state index contributed by atoms with van der Waals surface area (Å²) in [5.41, 5.74) is 0.428. The summed E-state index contributed by atoms with van der Waals surface area (Å²) in [6.07, 6.45) is 0.763. The van der Waals surface area contributed by atoms with Crippen LogP contribution in [-0.4, -0.2) is 44.2 Å². The van der Waals surface area contributed by atoms with E-state index in [-0.39, 0.29) is 5.56 Å². The van der Waals surface area contributed by atoms with Crippen molar-refractivity contribution in [3.8, 4) is 0 Å². The molecule has 2 aromatic rings. The van der Waals surface area contributed by atoms with Crippen LogP contribution in [-0.2, 0) is 17.8 Å². The minimum Gasteiger partial charge on any atom is -0.481 e.